The number of likely N-dealkylation sites (N-methyl/N-ethyl adjacent to an activating group) is 1. The van der Waals surface area contributed by atoms with Gasteiger partial charge in [0.25, 0.3) is 0 Å². The van der Waals surface area contributed by atoms with Crippen molar-refractivity contribution in [2.45, 2.75) is 25.3 Å². The zero-order valence-corrected chi connectivity index (χ0v) is 11.6. The minimum absolute atomic E-state index is 0.0292. The van der Waals surface area contributed by atoms with E-state index in [1.807, 2.05) is 6.92 Å². The van der Waals surface area contributed by atoms with Crippen LogP contribution < -0.4 is 5.32 Å². The Morgan fingerprint density at radius 1 is 1.33 bits per heavy atom. The number of likely N-dealkylation sites (tertiary alicyclic amines) is 1. The number of nitrogens with one attached hydrogen (secondary N) is 1. The number of ether oxygens (including phenoxy) is 1. The van der Waals surface area contributed by atoms with Crippen LogP contribution in [-0.4, -0.2) is 74.2 Å². The lowest BCUT2D eigenvalue weighted by Gasteiger charge is -2.48. The molecule has 2 heterocycles. The van der Waals surface area contributed by atoms with Crippen LogP contribution in [0.1, 0.15) is 19.8 Å². The summed E-state index contributed by atoms with van der Waals surface area (Å²) in [4.78, 5) is 17.0. The third-order valence-electron chi connectivity index (χ3n) is 4.04. The van der Waals surface area contributed by atoms with E-state index in [1.54, 1.807) is 0 Å². The topological polar surface area (TPSA) is 44.8 Å². The molecule has 0 aliphatic carbocycles. The molecule has 2 fully saturated rings. The largest absolute Gasteiger partial charge is 0.465 e. The molecule has 0 amide bonds. The zero-order valence-electron chi connectivity index (χ0n) is 11.6. The average Bonchev–Trinajstić information content (AvgIpc) is 2.40. The van der Waals surface area contributed by atoms with E-state index in [9.17, 15) is 4.79 Å². The first-order chi connectivity index (χ1) is 8.69. The van der Waals surface area contributed by atoms with Crippen LogP contribution in [-0.2, 0) is 9.53 Å². The Bertz CT molecular complexity index is 292. The molecule has 1 unspecified atom stereocenters. The van der Waals surface area contributed by atoms with Crippen molar-refractivity contribution in [3.8, 4) is 0 Å². The summed E-state index contributed by atoms with van der Waals surface area (Å²) in [6.45, 7) is 8.03. The molecule has 0 bridgehead atoms. The van der Waals surface area contributed by atoms with Gasteiger partial charge >= 0.3 is 5.97 Å². The molecule has 1 N–H and O–H groups in total. The Hall–Kier alpha value is -0.650. The van der Waals surface area contributed by atoms with Crippen molar-refractivity contribution < 1.29 is 9.53 Å². The number of carbonyl (C=O) groups is 1. The fourth-order valence-corrected chi connectivity index (χ4v) is 3.16. The first-order valence-corrected chi connectivity index (χ1v) is 7.00. The smallest absolute Gasteiger partial charge is 0.327 e. The van der Waals surface area contributed by atoms with Gasteiger partial charge in [-0.1, -0.05) is 0 Å². The van der Waals surface area contributed by atoms with E-state index in [-0.39, 0.29) is 5.97 Å². The van der Waals surface area contributed by atoms with Gasteiger partial charge in [0, 0.05) is 32.7 Å². The molecule has 0 saturated carbocycles. The standard InChI is InChI=1S/C13H25N3O2/c1-3-18-12(17)13(5-4-8-15(2)11-13)16-9-6-14-7-10-16/h14H,3-11H2,1-2H3. The summed E-state index contributed by atoms with van der Waals surface area (Å²) in [6, 6.07) is 0. The summed E-state index contributed by atoms with van der Waals surface area (Å²) in [6.07, 6.45) is 2.00. The first kappa shape index (κ1) is 13.8. The average molecular weight is 255 g/mol. The molecule has 2 aliphatic heterocycles. The fourth-order valence-electron chi connectivity index (χ4n) is 3.16. The lowest BCUT2D eigenvalue weighted by molar-refractivity contribution is -0.162. The molecule has 2 rings (SSSR count). The van der Waals surface area contributed by atoms with E-state index in [0.29, 0.717) is 6.61 Å². The molecule has 104 valence electrons. The van der Waals surface area contributed by atoms with Crippen molar-refractivity contribution in [2.75, 3.05) is 52.9 Å². The SMILES string of the molecule is CCOC(=O)C1(N2CCNCC2)CCCN(C)C1. The highest BCUT2D eigenvalue weighted by atomic mass is 16.5. The maximum absolute atomic E-state index is 12.5. The van der Waals surface area contributed by atoms with Crippen LogP contribution in [0, 0.1) is 0 Å². The van der Waals surface area contributed by atoms with Gasteiger partial charge in [0.1, 0.15) is 5.54 Å². The molecule has 2 aliphatic rings. The summed E-state index contributed by atoms with van der Waals surface area (Å²) >= 11 is 0. The Kier molecular flexibility index (Phi) is 4.59. The van der Waals surface area contributed by atoms with Gasteiger partial charge in [-0.05, 0) is 33.4 Å². The van der Waals surface area contributed by atoms with E-state index in [2.05, 4.69) is 22.2 Å². The summed E-state index contributed by atoms with van der Waals surface area (Å²) in [5.74, 6) is -0.0292. The fraction of sp³-hybridized carbons (Fsp3) is 0.923. The van der Waals surface area contributed by atoms with Gasteiger partial charge in [0.05, 0.1) is 6.61 Å². The predicted octanol–water partition coefficient (Wildman–Crippen LogP) is -0.0809. The second kappa shape index (κ2) is 5.99. The second-order valence-electron chi connectivity index (χ2n) is 5.33. The first-order valence-electron chi connectivity index (χ1n) is 7.00. The quantitative estimate of drug-likeness (QED) is 0.715. The van der Waals surface area contributed by atoms with Crippen molar-refractivity contribution in [1.82, 2.24) is 15.1 Å². The number of carbonyl (C=O) groups excluding carboxylic acids is 1. The Morgan fingerprint density at radius 3 is 2.67 bits per heavy atom. The van der Waals surface area contributed by atoms with Crippen LogP contribution in [0.4, 0.5) is 0 Å². The minimum atomic E-state index is -0.412. The highest BCUT2D eigenvalue weighted by Gasteiger charge is 2.47. The lowest BCUT2D eigenvalue weighted by atomic mass is 9.86. The normalized spacial score (nSPS) is 31.2. The van der Waals surface area contributed by atoms with Gasteiger partial charge < -0.3 is 15.0 Å². The van der Waals surface area contributed by atoms with Gasteiger partial charge in [-0.2, -0.15) is 0 Å². The van der Waals surface area contributed by atoms with Crippen molar-refractivity contribution in [1.29, 1.82) is 0 Å². The lowest BCUT2D eigenvalue weighted by Crippen LogP contribution is -2.66. The third-order valence-corrected chi connectivity index (χ3v) is 4.04. The maximum Gasteiger partial charge on any atom is 0.327 e. The van der Waals surface area contributed by atoms with Crippen molar-refractivity contribution in [2.24, 2.45) is 0 Å². The highest BCUT2D eigenvalue weighted by Crippen LogP contribution is 2.29. The maximum atomic E-state index is 12.5. The number of piperidine rings is 1. The van der Waals surface area contributed by atoms with Crippen LogP contribution in [0.5, 0.6) is 0 Å². The molecule has 1 atom stereocenters. The highest BCUT2D eigenvalue weighted by molar-refractivity contribution is 5.81. The molecular formula is C13H25N3O2. The molecule has 5 nitrogen and oxygen atoms in total. The number of nitrogens with zero attached hydrogens (tertiary/aromatic N) is 2. The van der Waals surface area contributed by atoms with Gasteiger partial charge in [-0.3, -0.25) is 4.90 Å². The van der Waals surface area contributed by atoms with Gasteiger partial charge in [-0.15, -0.1) is 0 Å². The van der Waals surface area contributed by atoms with E-state index >= 15 is 0 Å². The summed E-state index contributed by atoms with van der Waals surface area (Å²) in [7, 11) is 2.09. The molecule has 0 aromatic heterocycles. The van der Waals surface area contributed by atoms with E-state index in [1.165, 1.54) is 0 Å². The number of esters is 1. The summed E-state index contributed by atoms with van der Waals surface area (Å²) in [5.41, 5.74) is -0.412. The number of rotatable bonds is 3. The second-order valence-corrected chi connectivity index (χ2v) is 5.33. The number of hydrogen-bond donors (Lipinski definition) is 1. The van der Waals surface area contributed by atoms with Crippen LogP contribution in [0.15, 0.2) is 0 Å². The zero-order chi connectivity index (χ0) is 13.0. The van der Waals surface area contributed by atoms with Crippen molar-refractivity contribution >= 4 is 5.97 Å². The monoisotopic (exact) mass is 255 g/mol. The molecule has 5 heteroatoms. The Balaban J connectivity index is 2.17. The molecule has 2 saturated heterocycles. The van der Waals surface area contributed by atoms with Crippen LogP contribution in [0.25, 0.3) is 0 Å². The van der Waals surface area contributed by atoms with Gasteiger partial charge in [-0.25, -0.2) is 4.79 Å². The molecular weight excluding hydrogens is 230 g/mol. The van der Waals surface area contributed by atoms with Crippen LogP contribution in [0.2, 0.25) is 0 Å². The molecule has 0 spiro atoms. The molecule has 0 aromatic carbocycles. The minimum Gasteiger partial charge on any atom is -0.465 e. The molecule has 0 aromatic rings. The van der Waals surface area contributed by atoms with Crippen LogP contribution >= 0.6 is 0 Å². The molecule has 0 radical (unpaired) electrons. The number of piperazine rings is 1. The van der Waals surface area contributed by atoms with Gasteiger partial charge in [0.15, 0.2) is 0 Å². The van der Waals surface area contributed by atoms with E-state index in [0.717, 1.165) is 52.1 Å². The molecule has 18 heavy (non-hydrogen) atoms. The Labute approximate surface area is 109 Å². The van der Waals surface area contributed by atoms with Crippen LogP contribution in [0.3, 0.4) is 0 Å². The van der Waals surface area contributed by atoms with E-state index < -0.39 is 5.54 Å². The predicted molar refractivity (Wildman–Crippen MR) is 70.5 cm³/mol. The summed E-state index contributed by atoms with van der Waals surface area (Å²) < 4.78 is 5.36. The van der Waals surface area contributed by atoms with Gasteiger partial charge in [0.2, 0.25) is 0 Å². The number of hydrogen-bond acceptors (Lipinski definition) is 5. The third kappa shape index (κ3) is 2.68. The van der Waals surface area contributed by atoms with Crippen molar-refractivity contribution in [3.05, 3.63) is 0 Å². The summed E-state index contributed by atoms with van der Waals surface area (Å²) in [5, 5.41) is 3.35. The van der Waals surface area contributed by atoms with E-state index in [4.69, 9.17) is 4.74 Å². The Morgan fingerprint density at radius 2 is 2.06 bits per heavy atom. The van der Waals surface area contributed by atoms with Crippen molar-refractivity contribution in [3.63, 3.8) is 0 Å².